The van der Waals surface area contributed by atoms with Gasteiger partial charge in [-0.2, -0.15) is 0 Å². The van der Waals surface area contributed by atoms with Crippen LogP contribution in [0.3, 0.4) is 0 Å². The first-order chi connectivity index (χ1) is 7.15. The van der Waals surface area contributed by atoms with Crippen LogP contribution in [0.1, 0.15) is 19.8 Å². The van der Waals surface area contributed by atoms with Gasteiger partial charge in [-0.25, -0.2) is 0 Å². The summed E-state index contributed by atoms with van der Waals surface area (Å²) in [6.45, 7) is 2.31. The van der Waals surface area contributed by atoms with Crippen molar-refractivity contribution in [1.29, 1.82) is 0 Å². The van der Waals surface area contributed by atoms with Gasteiger partial charge in [0, 0.05) is 31.5 Å². The van der Waals surface area contributed by atoms with Crippen LogP contribution in [0.2, 0.25) is 0 Å². The zero-order chi connectivity index (χ0) is 10.8. The van der Waals surface area contributed by atoms with Crippen molar-refractivity contribution in [3.8, 4) is 0 Å². The van der Waals surface area contributed by atoms with Gasteiger partial charge in [0.1, 0.15) is 0 Å². The molecule has 0 heterocycles. The maximum atomic E-state index is 3.58. The Labute approximate surface area is 92.3 Å². The number of benzene rings is 1. The second kappa shape index (κ2) is 4.13. The highest BCUT2D eigenvalue weighted by Gasteiger charge is 2.24. The molecule has 2 heteroatoms. The molecule has 1 aromatic carbocycles. The van der Waals surface area contributed by atoms with E-state index in [1.165, 1.54) is 24.2 Å². The zero-order valence-electron chi connectivity index (χ0n) is 9.83. The van der Waals surface area contributed by atoms with Crippen molar-refractivity contribution in [2.75, 3.05) is 24.3 Å². The zero-order valence-corrected chi connectivity index (χ0v) is 9.83. The summed E-state index contributed by atoms with van der Waals surface area (Å²) in [6.07, 6.45) is 2.62. The number of hydrogen-bond acceptors (Lipinski definition) is 2. The number of nitrogens with one attached hydrogen (secondary N) is 1. The standard InChI is InChI=1S/C13H20N2/c1-10-7-12(8-10)14-11-5-4-6-13(9-11)15(2)3/h4-6,9-10,12,14H,7-8H2,1-3H3. The Morgan fingerprint density at radius 1 is 1.27 bits per heavy atom. The lowest BCUT2D eigenvalue weighted by atomic mass is 9.82. The fourth-order valence-electron chi connectivity index (χ4n) is 2.13. The van der Waals surface area contributed by atoms with E-state index in [0.29, 0.717) is 6.04 Å². The van der Waals surface area contributed by atoms with E-state index in [-0.39, 0.29) is 0 Å². The minimum absolute atomic E-state index is 0.692. The van der Waals surface area contributed by atoms with Gasteiger partial charge in [0.05, 0.1) is 0 Å². The lowest BCUT2D eigenvalue weighted by Gasteiger charge is -2.34. The number of anilines is 2. The van der Waals surface area contributed by atoms with Crippen LogP contribution in [-0.4, -0.2) is 20.1 Å². The predicted molar refractivity (Wildman–Crippen MR) is 66.6 cm³/mol. The van der Waals surface area contributed by atoms with E-state index >= 15 is 0 Å². The summed E-state index contributed by atoms with van der Waals surface area (Å²) in [5.41, 5.74) is 2.51. The molecule has 1 aliphatic carbocycles. The molecule has 2 rings (SSSR count). The molecule has 1 aromatic rings. The van der Waals surface area contributed by atoms with Crippen LogP contribution in [0.15, 0.2) is 24.3 Å². The van der Waals surface area contributed by atoms with Gasteiger partial charge in [-0.1, -0.05) is 13.0 Å². The highest BCUT2D eigenvalue weighted by atomic mass is 15.1. The van der Waals surface area contributed by atoms with Crippen molar-refractivity contribution in [2.24, 2.45) is 5.92 Å². The van der Waals surface area contributed by atoms with Crippen LogP contribution in [0, 0.1) is 5.92 Å². The third-order valence-corrected chi connectivity index (χ3v) is 3.11. The molecule has 0 aliphatic heterocycles. The predicted octanol–water partition coefficient (Wildman–Crippen LogP) is 2.96. The Morgan fingerprint density at radius 2 is 2.00 bits per heavy atom. The third kappa shape index (κ3) is 2.44. The van der Waals surface area contributed by atoms with E-state index in [1.54, 1.807) is 0 Å². The van der Waals surface area contributed by atoms with Crippen LogP contribution >= 0.6 is 0 Å². The fourth-order valence-corrected chi connectivity index (χ4v) is 2.13. The monoisotopic (exact) mass is 204 g/mol. The van der Waals surface area contributed by atoms with E-state index in [1.807, 2.05) is 0 Å². The average Bonchev–Trinajstić information content (AvgIpc) is 2.16. The Balaban J connectivity index is 1.99. The summed E-state index contributed by atoms with van der Waals surface area (Å²) >= 11 is 0. The van der Waals surface area contributed by atoms with Gasteiger partial charge < -0.3 is 10.2 Å². The van der Waals surface area contributed by atoms with Crippen LogP contribution in [0.5, 0.6) is 0 Å². The number of rotatable bonds is 3. The first-order valence-corrected chi connectivity index (χ1v) is 5.69. The molecule has 0 amide bonds. The molecule has 0 unspecified atom stereocenters. The van der Waals surface area contributed by atoms with Crippen LogP contribution < -0.4 is 10.2 Å². The Kier molecular flexibility index (Phi) is 2.85. The maximum Gasteiger partial charge on any atom is 0.0381 e. The number of nitrogens with zero attached hydrogens (tertiary/aromatic N) is 1. The van der Waals surface area contributed by atoms with Crippen molar-refractivity contribution in [2.45, 2.75) is 25.8 Å². The lowest BCUT2D eigenvalue weighted by molar-refractivity contribution is 0.309. The molecule has 82 valence electrons. The summed E-state index contributed by atoms with van der Waals surface area (Å²) < 4.78 is 0. The fraction of sp³-hybridized carbons (Fsp3) is 0.538. The summed E-state index contributed by atoms with van der Waals surface area (Å²) in [6, 6.07) is 9.30. The smallest absolute Gasteiger partial charge is 0.0381 e. The minimum atomic E-state index is 0.692. The van der Waals surface area contributed by atoms with E-state index < -0.39 is 0 Å². The van der Waals surface area contributed by atoms with Gasteiger partial charge in [0.15, 0.2) is 0 Å². The normalized spacial score (nSPS) is 24.5. The Hall–Kier alpha value is -1.18. The van der Waals surface area contributed by atoms with E-state index in [9.17, 15) is 0 Å². The summed E-state index contributed by atoms with van der Waals surface area (Å²) in [5, 5.41) is 3.58. The summed E-state index contributed by atoms with van der Waals surface area (Å²) in [5.74, 6) is 0.902. The molecule has 15 heavy (non-hydrogen) atoms. The van der Waals surface area contributed by atoms with E-state index in [0.717, 1.165) is 5.92 Å². The first kappa shape index (κ1) is 10.3. The van der Waals surface area contributed by atoms with E-state index in [2.05, 4.69) is 55.5 Å². The van der Waals surface area contributed by atoms with Crippen LogP contribution in [-0.2, 0) is 0 Å². The molecule has 0 aromatic heterocycles. The molecule has 1 fully saturated rings. The molecule has 2 nitrogen and oxygen atoms in total. The van der Waals surface area contributed by atoms with Gasteiger partial charge in [0.25, 0.3) is 0 Å². The van der Waals surface area contributed by atoms with Gasteiger partial charge in [-0.15, -0.1) is 0 Å². The molecular formula is C13H20N2. The average molecular weight is 204 g/mol. The quantitative estimate of drug-likeness (QED) is 0.814. The SMILES string of the molecule is CC1CC(Nc2cccc(N(C)C)c2)C1. The third-order valence-electron chi connectivity index (χ3n) is 3.11. The van der Waals surface area contributed by atoms with Gasteiger partial charge in [-0.3, -0.25) is 0 Å². The van der Waals surface area contributed by atoms with Gasteiger partial charge in [-0.05, 0) is 37.0 Å². The van der Waals surface area contributed by atoms with Gasteiger partial charge >= 0.3 is 0 Å². The van der Waals surface area contributed by atoms with Crippen molar-refractivity contribution in [1.82, 2.24) is 0 Å². The summed E-state index contributed by atoms with van der Waals surface area (Å²) in [7, 11) is 4.15. The first-order valence-electron chi connectivity index (χ1n) is 5.69. The van der Waals surface area contributed by atoms with Crippen molar-refractivity contribution in [3.63, 3.8) is 0 Å². The largest absolute Gasteiger partial charge is 0.382 e. The topological polar surface area (TPSA) is 15.3 Å². The maximum absolute atomic E-state index is 3.58. The van der Waals surface area contributed by atoms with Crippen molar-refractivity contribution < 1.29 is 0 Å². The molecular weight excluding hydrogens is 184 g/mol. The van der Waals surface area contributed by atoms with Crippen LogP contribution in [0.4, 0.5) is 11.4 Å². The van der Waals surface area contributed by atoms with Crippen molar-refractivity contribution >= 4 is 11.4 Å². The molecule has 0 saturated heterocycles. The highest BCUT2D eigenvalue weighted by molar-refractivity contribution is 5.57. The Morgan fingerprint density at radius 3 is 2.60 bits per heavy atom. The Bertz CT molecular complexity index is 327. The highest BCUT2D eigenvalue weighted by Crippen LogP contribution is 2.30. The molecule has 0 spiro atoms. The molecule has 0 atom stereocenters. The van der Waals surface area contributed by atoms with E-state index in [4.69, 9.17) is 0 Å². The molecule has 0 bridgehead atoms. The molecule has 0 radical (unpaired) electrons. The summed E-state index contributed by atoms with van der Waals surface area (Å²) in [4.78, 5) is 2.13. The minimum Gasteiger partial charge on any atom is -0.382 e. The second-order valence-electron chi connectivity index (χ2n) is 4.86. The molecule has 1 N–H and O–H groups in total. The van der Waals surface area contributed by atoms with Gasteiger partial charge in [0.2, 0.25) is 0 Å². The second-order valence-corrected chi connectivity index (χ2v) is 4.86. The molecule has 1 saturated carbocycles. The lowest BCUT2D eigenvalue weighted by Crippen LogP contribution is -2.33. The number of hydrogen-bond donors (Lipinski definition) is 1. The van der Waals surface area contributed by atoms with Crippen molar-refractivity contribution in [3.05, 3.63) is 24.3 Å². The molecule has 1 aliphatic rings. The van der Waals surface area contributed by atoms with Crippen LogP contribution in [0.25, 0.3) is 0 Å².